The van der Waals surface area contributed by atoms with Crippen LogP contribution in [0.4, 0.5) is 11.4 Å². The van der Waals surface area contributed by atoms with Crippen LogP contribution in [0.5, 0.6) is 0 Å². The third-order valence-electron chi connectivity index (χ3n) is 6.53. The zero-order valence-corrected chi connectivity index (χ0v) is 20.0. The number of nitrogens with zero attached hydrogens (tertiary/aromatic N) is 1. The van der Waals surface area contributed by atoms with E-state index in [1.54, 1.807) is 35.4 Å². The van der Waals surface area contributed by atoms with Gasteiger partial charge in [-0.15, -0.1) is 0 Å². The van der Waals surface area contributed by atoms with Crippen LogP contribution >= 0.6 is 0 Å². The standard InChI is InChI=1S/C30H28N2O3/c1-20-10-15-24(21(2)19-20)25-7-3-4-8-26(25)29(33)31-23-13-11-22(12-14-23)30(34)32-17-6-5-9-28-27(32)16-18-35-28/h3-4,7-8,10-16,18-19H,5-6,9,17H2,1-2H3,(H,31,33). The Kier molecular flexibility index (Phi) is 6.23. The van der Waals surface area contributed by atoms with E-state index in [4.69, 9.17) is 4.42 Å². The summed E-state index contributed by atoms with van der Waals surface area (Å²) in [5, 5.41) is 2.99. The summed E-state index contributed by atoms with van der Waals surface area (Å²) in [7, 11) is 0. The molecule has 0 spiro atoms. The number of furan rings is 1. The lowest BCUT2D eigenvalue weighted by Gasteiger charge is -2.20. The first-order valence-electron chi connectivity index (χ1n) is 12.0. The number of fused-ring (bicyclic) bond motifs is 1. The van der Waals surface area contributed by atoms with Gasteiger partial charge in [0, 0.05) is 35.8 Å². The minimum atomic E-state index is -0.185. The van der Waals surface area contributed by atoms with Crippen LogP contribution in [0.25, 0.3) is 11.1 Å². The van der Waals surface area contributed by atoms with E-state index in [1.807, 2.05) is 30.3 Å². The van der Waals surface area contributed by atoms with E-state index in [0.717, 1.165) is 47.4 Å². The number of aryl methyl sites for hydroxylation is 3. The minimum absolute atomic E-state index is 0.0624. The van der Waals surface area contributed by atoms with Crippen LogP contribution in [-0.2, 0) is 6.42 Å². The Hall–Kier alpha value is -4.12. The maximum absolute atomic E-state index is 13.2. The summed E-state index contributed by atoms with van der Waals surface area (Å²) in [5.74, 6) is 0.616. The number of rotatable bonds is 4. The van der Waals surface area contributed by atoms with Crippen molar-refractivity contribution >= 4 is 23.2 Å². The molecule has 35 heavy (non-hydrogen) atoms. The van der Waals surface area contributed by atoms with Crippen molar-refractivity contribution in [1.29, 1.82) is 0 Å². The lowest BCUT2D eigenvalue weighted by molar-refractivity contribution is 0.0985. The van der Waals surface area contributed by atoms with Gasteiger partial charge in [0.1, 0.15) is 5.76 Å². The molecule has 0 bridgehead atoms. The molecule has 2 heterocycles. The Balaban J connectivity index is 1.35. The molecule has 1 aliphatic rings. The highest BCUT2D eigenvalue weighted by atomic mass is 16.3. The molecule has 5 rings (SSSR count). The van der Waals surface area contributed by atoms with E-state index in [9.17, 15) is 9.59 Å². The van der Waals surface area contributed by atoms with Crippen LogP contribution in [-0.4, -0.2) is 18.4 Å². The van der Waals surface area contributed by atoms with Gasteiger partial charge < -0.3 is 14.6 Å². The van der Waals surface area contributed by atoms with Crippen molar-refractivity contribution in [2.45, 2.75) is 33.1 Å². The maximum Gasteiger partial charge on any atom is 0.258 e. The van der Waals surface area contributed by atoms with Crippen molar-refractivity contribution < 1.29 is 14.0 Å². The number of hydrogen-bond acceptors (Lipinski definition) is 3. The number of carbonyl (C=O) groups is 2. The van der Waals surface area contributed by atoms with Crippen LogP contribution < -0.4 is 10.2 Å². The van der Waals surface area contributed by atoms with E-state index in [0.29, 0.717) is 23.4 Å². The summed E-state index contributed by atoms with van der Waals surface area (Å²) in [6.45, 7) is 4.79. The average molecular weight is 465 g/mol. The Morgan fingerprint density at radius 1 is 0.886 bits per heavy atom. The van der Waals surface area contributed by atoms with Gasteiger partial charge in [-0.05, 0) is 73.7 Å². The zero-order valence-electron chi connectivity index (χ0n) is 20.0. The van der Waals surface area contributed by atoms with Crippen molar-refractivity contribution in [2.24, 2.45) is 0 Å². The van der Waals surface area contributed by atoms with Crippen molar-refractivity contribution in [3.63, 3.8) is 0 Å². The second-order valence-corrected chi connectivity index (χ2v) is 9.04. The summed E-state index contributed by atoms with van der Waals surface area (Å²) in [5.41, 5.74) is 6.93. The van der Waals surface area contributed by atoms with Crippen molar-refractivity contribution in [3.8, 4) is 11.1 Å². The molecule has 0 saturated heterocycles. The molecule has 0 saturated carbocycles. The quantitative estimate of drug-likeness (QED) is 0.361. The smallest absolute Gasteiger partial charge is 0.258 e. The lowest BCUT2D eigenvalue weighted by atomic mass is 9.94. The summed E-state index contributed by atoms with van der Waals surface area (Å²) >= 11 is 0. The molecule has 1 aromatic heterocycles. The van der Waals surface area contributed by atoms with Crippen LogP contribution in [0.3, 0.4) is 0 Å². The lowest BCUT2D eigenvalue weighted by Crippen LogP contribution is -2.31. The largest absolute Gasteiger partial charge is 0.467 e. The third-order valence-corrected chi connectivity index (χ3v) is 6.53. The van der Waals surface area contributed by atoms with Crippen molar-refractivity contribution in [1.82, 2.24) is 0 Å². The molecule has 0 aliphatic carbocycles. The molecule has 4 aromatic rings. The average Bonchev–Trinajstić information content (AvgIpc) is 3.23. The van der Waals surface area contributed by atoms with E-state index in [-0.39, 0.29) is 11.8 Å². The van der Waals surface area contributed by atoms with Gasteiger partial charge in [0.05, 0.1) is 12.0 Å². The van der Waals surface area contributed by atoms with E-state index in [1.165, 1.54) is 5.56 Å². The molecule has 1 aliphatic heterocycles. The number of amides is 2. The van der Waals surface area contributed by atoms with Gasteiger partial charge in [-0.25, -0.2) is 0 Å². The third kappa shape index (κ3) is 4.62. The molecular formula is C30H28N2O3. The summed E-state index contributed by atoms with van der Waals surface area (Å²) in [4.78, 5) is 28.2. The highest BCUT2D eigenvalue weighted by molar-refractivity contribution is 6.10. The van der Waals surface area contributed by atoms with E-state index < -0.39 is 0 Å². The number of benzene rings is 3. The van der Waals surface area contributed by atoms with Gasteiger partial charge in [-0.2, -0.15) is 0 Å². The van der Waals surface area contributed by atoms with Gasteiger partial charge in [-0.3, -0.25) is 9.59 Å². The first kappa shape index (κ1) is 22.7. The molecular weight excluding hydrogens is 436 g/mol. The Morgan fingerprint density at radius 2 is 1.69 bits per heavy atom. The number of hydrogen-bond donors (Lipinski definition) is 1. The first-order chi connectivity index (χ1) is 17.0. The first-order valence-corrected chi connectivity index (χ1v) is 12.0. The second-order valence-electron chi connectivity index (χ2n) is 9.04. The second kappa shape index (κ2) is 9.63. The fourth-order valence-electron chi connectivity index (χ4n) is 4.73. The Bertz CT molecular complexity index is 1380. The van der Waals surface area contributed by atoms with E-state index in [2.05, 4.69) is 37.4 Å². The van der Waals surface area contributed by atoms with Gasteiger partial charge in [-0.1, -0.05) is 42.0 Å². The Morgan fingerprint density at radius 3 is 2.49 bits per heavy atom. The summed E-state index contributed by atoms with van der Waals surface area (Å²) < 4.78 is 5.57. The van der Waals surface area contributed by atoms with Gasteiger partial charge in [0.2, 0.25) is 0 Å². The van der Waals surface area contributed by atoms with E-state index >= 15 is 0 Å². The van der Waals surface area contributed by atoms with Crippen LogP contribution in [0.1, 0.15) is 50.4 Å². The monoisotopic (exact) mass is 464 g/mol. The Labute approximate surface area is 205 Å². The number of carbonyl (C=O) groups excluding carboxylic acids is 2. The molecule has 0 fully saturated rings. The summed E-state index contributed by atoms with van der Waals surface area (Å²) in [6.07, 6.45) is 4.42. The van der Waals surface area contributed by atoms with Crippen molar-refractivity contribution in [2.75, 3.05) is 16.8 Å². The molecule has 1 N–H and O–H groups in total. The summed E-state index contributed by atoms with van der Waals surface area (Å²) in [6, 6.07) is 22.8. The van der Waals surface area contributed by atoms with Crippen LogP contribution in [0, 0.1) is 13.8 Å². The normalized spacial score (nSPS) is 13.1. The fourth-order valence-corrected chi connectivity index (χ4v) is 4.73. The molecule has 0 atom stereocenters. The highest BCUT2D eigenvalue weighted by Gasteiger charge is 2.24. The predicted molar refractivity (Wildman–Crippen MR) is 139 cm³/mol. The number of anilines is 2. The van der Waals surface area contributed by atoms with Gasteiger partial charge in [0.25, 0.3) is 11.8 Å². The molecule has 0 unspecified atom stereocenters. The van der Waals surface area contributed by atoms with Crippen LogP contribution in [0.2, 0.25) is 0 Å². The molecule has 0 radical (unpaired) electrons. The minimum Gasteiger partial charge on any atom is -0.467 e. The van der Waals surface area contributed by atoms with Crippen molar-refractivity contribution in [3.05, 3.63) is 107 Å². The zero-order chi connectivity index (χ0) is 24.4. The van der Waals surface area contributed by atoms with Gasteiger partial charge >= 0.3 is 0 Å². The maximum atomic E-state index is 13.2. The molecule has 176 valence electrons. The molecule has 5 nitrogen and oxygen atoms in total. The predicted octanol–water partition coefficient (Wildman–Crippen LogP) is 6.80. The SMILES string of the molecule is Cc1ccc(-c2ccccc2C(=O)Nc2ccc(C(=O)N3CCCCc4occc43)cc2)c(C)c1. The van der Waals surface area contributed by atoms with Gasteiger partial charge in [0.15, 0.2) is 0 Å². The molecule has 2 amide bonds. The highest BCUT2D eigenvalue weighted by Crippen LogP contribution is 2.30. The van der Waals surface area contributed by atoms with Crippen LogP contribution in [0.15, 0.2) is 83.5 Å². The molecule has 3 aromatic carbocycles. The topological polar surface area (TPSA) is 62.6 Å². The fraction of sp³-hybridized carbons (Fsp3) is 0.200. The molecule has 5 heteroatoms. The number of nitrogens with one attached hydrogen (secondary N) is 1.